The fourth-order valence-electron chi connectivity index (χ4n) is 5.02. The first-order valence-electron chi connectivity index (χ1n) is 9.27. The maximum atomic E-state index is 12.2. The lowest BCUT2D eigenvalue weighted by atomic mass is 9.78. The van der Waals surface area contributed by atoms with Crippen LogP contribution in [0.4, 0.5) is 0 Å². The van der Waals surface area contributed by atoms with Gasteiger partial charge in [-0.2, -0.15) is 0 Å². The number of likely N-dealkylation sites (tertiary alicyclic amines) is 2. The van der Waals surface area contributed by atoms with Gasteiger partial charge < -0.3 is 14.7 Å². The van der Waals surface area contributed by atoms with Crippen molar-refractivity contribution < 1.29 is 14.6 Å². The number of β-amino-alcohol motifs (C(OH)–C–C–N with tert-alkyl or cyclic N) is 1. The Labute approximate surface area is 140 Å². The van der Waals surface area contributed by atoms with Gasteiger partial charge in [-0.3, -0.25) is 9.69 Å². The van der Waals surface area contributed by atoms with Gasteiger partial charge in [0.25, 0.3) is 0 Å². The topological polar surface area (TPSA) is 53.0 Å². The van der Waals surface area contributed by atoms with E-state index in [2.05, 4.69) is 16.7 Å². The number of rotatable bonds is 2. The highest BCUT2D eigenvalue weighted by Crippen LogP contribution is 2.39. The molecule has 5 heteroatoms. The molecule has 1 amide bonds. The van der Waals surface area contributed by atoms with Gasteiger partial charge in [-0.1, -0.05) is 6.42 Å². The third-order valence-electron chi connectivity index (χ3n) is 6.31. The van der Waals surface area contributed by atoms with Gasteiger partial charge in [-0.05, 0) is 39.2 Å². The van der Waals surface area contributed by atoms with Crippen molar-refractivity contribution in [3.05, 3.63) is 0 Å². The molecule has 23 heavy (non-hydrogen) atoms. The normalized spacial score (nSPS) is 35.4. The van der Waals surface area contributed by atoms with Crippen LogP contribution in [0.2, 0.25) is 0 Å². The molecule has 1 N–H and O–H groups in total. The summed E-state index contributed by atoms with van der Waals surface area (Å²) in [5, 5.41) is 10.9. The van der Waals surface area contributed by atoms with E-state index in [-0.39, 0.29) is 11.4 Å². The smallest absolute Gasteiger partial charge is 0.219 e. The third-order valence-corrected chi connectivity index (χ3v) is 6.31. The van der Waals surface area contributed by atoms with Crippen LogP contribution in [-0.4, -0.2) is 70.8 Å². The lowest BCUT2D eigenvalue weighted by molar-refractivity contribution is -0.142. The van der Waals surface area contributed by atoms with Crippen LogP contribution in [0.25, 0.3) is 0 Å². The Morgan fingerprint density at radius 1 is 1.17 bits per heavy atom. The average Bonchev–Trinajstić information content (AvgIpc) is 2.67. The van der Waals surface area contributed by atoms with E-state index >= 15 is 0 Å². The molecule has 0 radical (unpaired) electrons. The molecule has 3 heterocycles. The molecule has 5 nitrogen and oxygen atoms in total. The second-order valence-electron chi connectivity index (χ2n) is 7.95. The number of hydrogen-bond acceptors (Lipinski definition) is 4. The molecular weight excluding hydrogens is 292 g/mol. The Bertz CT molecular complexity index is 436. The highest BCUT2D eigenvalue weighted by atomic mass is 16.5. The SMILES string of the molecule is CC(=O)N1CCCC[C@H]2N(CC3(O)CCOCC3)CCC[C@@]21C. The zero-order valence-electron chi connectivity index (χ0n) is 14.7. The van der Waals surface area contributed by atoms with Crippen LogP contribution in [0.3, 0.4) is 0 Å². The summed E-state index contributed by atoms with van der Waals surface area (Å²) in [6, 6.07) is 0.370. The van der Waals surface area contributed by atoms with Crippen molar-refractivity contribution in [1.29, 1.82) is 0 Å². The molecule has 132 valence electrons. The molecule has 3 rings (SSSR count). The van der Waals surface area contributed by atoms with Crippen molar-refractivity contribution in [2.45, 2.75) is 76.0 Å². The van der Waals surface area contributed by atoms with E-state index in [0.717, 1.165) is 58.2 Å². The van der Waals surface area contributed by atoms with Crippen molar-refractivity contribution in [3.63, 3.8) is 0 Å². The summed E-state index contributed by atoms with van der Waals surface area (Å²) in [7, 11) is 0. The Kier molecular flexibility index (Phi) is 5.00. The molecule has 3 aliphatic heterocycles. The van der Waals surface area contributed by atoms with Crippen molar-refractivity contribution in [1.82, 2.24) is 9.80 Å². The van der Waals surface area contributed by atoms with E-state index in [4.69, 9.17) is 4.74 Å². The second-order valence-corrected chi connectivity index (χ2v) is 7.95. The fraction of sp³-hybridized carbons (Fsp3) is 0.944. The molecular formula is C18H32N2O3. The lowest BCUT2D eigenvalue weighted by Gasteiger charge is -2.54. The van der Waals surface area contributed by atoms with Crippen molar-refractivity contribution in [2.75, 3.05) is 32.8 Å². The minimum atomic E-state index is -0.621. The number of ether oxygens (including phenoxy) is 1. The molecule has 0 bridgehead atoms. The van der Waals surface area contributed by atoms with E-state index in [1.54, 1.807) is 6.92 Å². The predicted molar refractivity (Wildman–Crippen MR) is 89.2 cm³/mol. The second kappa shape index (κ2) is 6.69. The quantitative estimate of drug-likeness (QED) is 0.841. The first-order chi connectivity index (χ1) is 10.9. The largest absolute Gasteiger partial charge is 0.388 e. The van der Waals surface area contributed by atoms with Crippen LogP contribution < -0.4 is 0 Å². The number of amides is 1. The Morgan fingerprint density at radius 3 is 2.61 bits per heavy atom. The monoisotopic (exact) mass is 324 g/mol. The minimum absolute atomic E-state index is 0.0812. The number of nitrogens with zero attached hydrogens (tertiary/aromatic N) is 2. The first-order valence-corrected chi connectivity index (χ1v) is 9.27. The van der Waals surface area contributed by atoms with Crippen LogP contribution in [0.15, 0.2) is 0 Å². The number of carbonyl (C=O) groups excluding carboxylic acids is 1. The molecule has 0 unspecified atom stereocenters. The van der Waals surface area contributed by atoms with Crippen LogP contribution in [0.1, 0.15) is 58.8 Å². The standard InChI is InChI=1S/C18H32N2O3/c1-15(21)20-11-4-3-6-16-17(20,2)7-5-10-19(16)14-18(22)8-12-23-13-9-18/h16,22H,3-14H2,1-2H3/t16-,17+/m1/s1. The van der Waals surface area contributed by atoms with Gasteiger partial charge in [0.1, 0.15) is 0 Å². The van der Waals surface area contributed by atoms with Crippen LogP contribution in [-0.2, 0) is 9.53 Å². The van der Waals surface area contributed by atoms with Gasteiger partial charge in [-0.15, -0.1) is 0 Å². The summed E-state index contributed by atoms with van der Waals surface area (Å²) in [4.78, 5) is 16.8. The molecule has 3 fully saturated rings. The summed E-state index contributed by atoms with van der Waals surface area (Å²) in [5.41, 5.74) is -0.702. The molecule has 0 saturated carbocycles. The summed E-state index contributed by atoms with van der Waals surface area (Å²) in [6.07, 6.45) is 7.03. The molecule has 2 atom stereocenters. The third kappa shape index (κ3) is 3.42. The Balaban J connectivity index is 1.80. The number of aliphatic hydroxyl groups is 1. The molecule has 0 aromatic rings. The van der Waals surface area contributed by atoms with Crippen LogP contribution in [0, 0.1) is 0 Å². The Hall–Kier alpha value is -0.650. The minimum Gasteiger partial charge on any atom is -0.388 e. The summed E-state index contributed by atoms with van der Waals surface area (Å²) < 4.78 is 5.42. The average molecular weight is 324 g/mol. The van der Waals surface area contributed by atoms with Crippen molar-refractivity contribution in [3.8, 4) is 0 Å². The fourth-order valence-corrected chi connectivity index (χ4v) is 5.02. The van der Waals surface area contributed by atoms with Gasteiger partial charge in [0.05, 0.1) is 11.1 Å². The van der Waals surface area contributed by atoms with Gasteiger partial charge in [0.2, 0.25) is 5.91 Å². The number of piperidine rings is 1. The number of carbonyl (C=O) groups is 1. The van der Waals surface area contributed by atoms with Crippen LogP contribution >= 0.6 is 0 Å². The highest BCUT2D eigenvalue weighted by Gasteiger charge is 2.48. The van der Waals surface area contributed by atoms with E-state index in [0.29, 0.717) is 19.3 Å². The van der Waals surface area contributed by atoms with Crippen LogP contribution in [0.5, 0.6) is 0 Å². The molecule has 3 aliphatic rings. The van der Waals surface area contributed by atoms with Crippen molar-refractivity contribution in [2.24, 2.45) is 0 Å². The van der Waals surface area contributed by atoms with Gasteiger partial charge in [0, 0.05) is 52.1 Å². The van der Waals surface area contributed by atoms with E-state index in [1.807, 2.05) is 0 Å². The Morgan fingerprint density at radius 2 is 1.91 bits per heavy atom. The molecule has 0 aromatic heterocycles. The maximum absolute atomic E-state index is 12.2. The number of fused-ring (bicyclic) bond motifs is 1. The highest BCUT2D eigenvalue weighted by molar-refractivity contribution is 5.74. The van der Waals surface area contributed by atoms with Gasteiger partial charge in [0.15, 0.2) is 0 Å². The van der Waals surface area contributed by atoms with E-state index in [1.165, 1.54) is 6.42 Å². The summed E-state index contributed by atoms with van der Waals surface area (Å²) in [6.45, 7) is 7.94. The molecule has 3 saturated heterocycles. The van der Waals surface area contributed by atoms with E-state index in [9.17, 15) is 9.90 Å². The van der Waals surface area contributed by atoms with Crippen molar-refractivity contribution >= 4 is 5.91 Å². The first kappa shape index (κ1) is 17.2. The predicted octanol–water partition coefficient (Wildman–Crippen LogP) is 1.78. The van der Waals surface area contributed by atoms with Gasteiger partial charge in [-0.25, -0.2) is 0 Å². The lowest BCUT2D eigenvalue weighted by Crippen LogP contribution is -2.65. The molecule has 0 aliphatic carbocycles. The zero-order valence-corrected chi connectivity index (χ0v) is 14.7. The summed E-state index contributed by atoms with van der Waals surface area (Å²) >= 11 is 0. The molecule has 0 spiro atoms. The zero-order chi connectivity index (χ0) is 16.5. The number of hydrogen-bond donors (Lipinski definition) is 1. The van der Waals surface area contributed by atoms with Gasteiger partial charge >= 0.3 is 0 Å². The molecule has 0 aromatic carbocycles. The van der Waals surface area contributed by atoms with E-state index < -0.39 is 5.60 Å². The summed E-state index contributed by atoms with van der Waals surface area (Å²) in [5.74, 6) is 0.200. The maximum Gasteiger partial charge on any atom is 0.219 e.